The SMILES string of the molecule is COC1CCN(C(=O)CCCOc2cc(C)c(Cl)c(C)c2)C1. The molecule has 5 heteroatoms. The van der Waals surface area contributed by atoms with Gasteiger partial charge in [0.2, 0.25) is 5.91 Å². The molecule has 0 N–H and O–H groups in total. The summed E-state index contributed by atoms with van der Waals surface area (Å²) in [4.78, 5) is 13.9. The van der Waals surface area contributed by atoms with Gasteiger partial charge in [0.1, 0.15) is 5.75 Å². The molecule has 22 heavy (non-hydrogen) atoms. The van der Waals surface area contributed by atoms with Gasteiger partial charge in [0.15, 0.2) is 0 Å². The number of hydrogen-bond acceptors (Lipinski definition) is 3. The second-order valence-corrected chi connectivity index (χ2v) is 6.19. The number of likely N-dealkylation sites (tertiary alicyclic amines) is 1. The van der Waals surface area contributed by atoms with E-state index in [2.05, 4.69) is 0 Å². The molecule has 122 valence electrons. The van der Waals surface area contributed by atoms with Gasteiger partial charge in [-0.1, -0.05) is 11.6 Å². The number of carbonyl (C=O) groups is 1. The Balaban J connectivity index is 1.72. The standard InChI is InChI=1S/C17H24ClNO3/c1-12-9-15(10-13(2)17(12)18)22-8-4-5-16(20)19-7-6-14(11-19)21-3/h9-10,14H,4-8,11H2,1-3H3. The Labute approximate surface area is 137 Å². The molecule has 0 saturated carbocycles. The Morgan fingerprint density at radius 2 is 2.05 bits per heavy atom. The second-order valence-electron chi connectivity index (χ2n) is 5.81. The third-order valence-electron chi connectivity index (χ3n) is 4.04. The average Bonchev–Trinajstić information content (AvgIpc) is 2.98. The van der Waals surface area contributed by atoms with E-state index in [-0.39, 0.29) is 12.0 Å². The number of hydrogen-bond donors (Lipinski definition) is 0. The Morgan fingerprint density at radius 3 is 2.64 bits per heavy atom. The Kier molecular flexibility index (Phi) is 6.09. The van der Waals surface area contributed by atoms with Gasteiger partial charge in [-0.05, 0) is 49.9 Å². The van der Waals surface area contributed by atoms with E-state index in [0.717, 1.165) is 34.9 Å². The van der Waals surface area contributed by atoms with E-state index in [1.807, 2.05) is 30.9 Å². The first kappa shape index (κ1) is 17.1. The number of halogens is 1. The van der Waals surface area contributed by atoms with Crippen molar-refractivity contribution >= 4 is 17.5 Å². The van der Waals surface area contributed by atoms with Crippen LogP contribution >= 0.6 is 11.6 Å². The third kappa shape index (κ3) is 4.37. The maximum absolute atomic E-state index is 12.1. The van der Waals surface area contributed by atoms with Gasteiger partial charge in [-0.3, -0.25) is 4.79 Å². The van der Waals surface area contributed by atoms with Crippen molar-refractivity contribution in [3.05, 3.63) is 28.3 Å². The molecule has 1 amide bonds. The van der Waals surface area contributed by atoms with Crippen LogP contribution in [0.5, 0.6) is 5.75 Å². The van der Waals surface area contributed by atoms with Gasteiger partial charge in [0.05, 0.1) is 12.7 Å². The summed E-state index contributed by atoms with van der Waals surface area (Å²) in [6.45, 7) is 5.98. The number of carbonyl (C=O) groups excluding carboxylic acids is 1. The first-order valence-electron chi connectivity index (χ1n) is 7.71. The molecule has 1 atom stereocenters. The Hall–Kier alpha value is -1.26. The molecule has 0 radical (unpaired) electrons. The normalized spacial score (nSPS) is 17.8. The lowest BCUT2D eigenvalue weighted by Gasteiger charge is -2.16. The van der Waals surface area contributed by atoms with Crippen LogP contribution in [0.15, 0.2) is 12.1 Å². The van der Waals surface area contributed by atoms with E-state index in [0.29, 0.717) is 26.0 Å². The molecule has 1 heterocycles. The first-order valence-corrected chi connectivity index (χ1v) is 8.09. The monoisotopic (exact) mass is 325 g/mol. The number of aryl methyl sites for hydroxylation is 2. The molecule has 1 unspecified atom stereocenters. The van der Waals surface area contributed by atoms with Crippen LogP contribution in [0, 0.1) is 13.8 Å². The van der Waals surface area contributed by atoms with Crippen LogP contribution in [-0.2, 0) is 9.53 Å². The minimum atomic E-state index is 0.187. The minimum Gasteiger partial charge on any atom is -0.494 e. The molecular formula is C17H24ClNO3. The highest BCUT2D eigenvalue weighted by Crippen LogP contribution is 2.26. The summed E-state index contributed by atoms with van der Waals surface area (Å²) in [6.07, 6.45) is 2.36. The topological polar surface area (TPSA) is 38.8 Å². The van der Waals surface area contributed by atoms with Crippen LogP contribution in [0.3, 0.4) is 0 Å². The first-order chi connectivity index (χ1) is 10.5. The van der Waals surface area contributed by atoms with E-state index in [9.17, 15) is 4.79 Å². The molecule has 1 aromatic rings. The number of methoxy groups -OCH3 is 1. The van der Waals surface area contributed by atoms with Gasteiger partial charge in [-0.2, -0.15) is 0 Å². The van der Waals surface area contributed by atoms with Crippen molar-refractivity contribution in [3.8, 4) is 5.75 Å². The van der Waals surface area contributed by atoms with Crippen molar-refractivity contribution in [1.82, 2.24) is 4.90 Å². The predicted octanol–water partition coefficient (Wildman–Crippen LogP) is 3.36. The largest absolute Gasteiger partial charge is 0.494 e. The van der Waals surface area contributed by atoms with Gasteiger partial charge in [-0.15, -0.1) is 0 Å². The molecule has 1 saturated heterocycles. The van der Waals surface area contributed by atoms with Crippen LogP contribution in [0.25, 0.3) is 0 Å². The Bertz CT molecular complexity index is 510. The van der Waals surface area contributed by atoms with E-state index < -0.39 is 0 Å². The number of rotatable bonds is 6. The van der Waals surface area contributed by atoms with Crippen LogP contribution in [0.4, 0.5) is 0 Å². The van der Waals surface area contributed by atoms with E-state index in [4.69, 9.17) is 21.1 Å². The highest BCUT2D eigenvalue weighted by Gasteiger charge is 2.25. The van der Waals surface area contributed by atoms with Crippen LogP contribution in [0.2, 0.25) is 5.02 Å². The van der Waals surface area contributed by atoms with Crippen molar-refractivity contribution < 1.29 is 14.3 Å². The third-order valence-corrected chi connectivity index (χ3v) is 4.64. The molecule has 1 aromatic carbocycles. The van der Waals surface area contributed by atoms with Crippen LogP contribution < -0.4 is 4.74 Å². The van der Waals surface area contributed by atoms with Gasteiger partial charge in [0.25, 0.3) is 0 Å². The molecule has 1 fully saturated rings. The minimum absolute atomic E-state index is 0.187. The number of ether oxygens (including phenoxy) is 2. The highest BCUT2D eigenvalue weighted by atomic mass is 35.5. The van der Waals surface area contributed by atoms with Gasteiger partial charge in [-0.25, -0.2) is 0 Å². The molecule has 2 rings (SSSR count). The molecule has 1 aliphatic heterocycles. The lowest BCUT2D eigenvalue weighted by atomic mass is 10.1. The zero-order valence-corrected chi connectivity index (χ0v) is 14.3. The fraction of sp³-hybridized carbons (Fsp3) is 0.588. The van der Waals surface area contributed by atoms with Gasteiger partial charge in [0, 0.05) is 31.6 Å². The zero-order chi connectivity index (χ0) is 16.1. The van der Waals surface area contributed by atoms with Crippen molar-refractivity contribution in [2.24, 2.45) is 0 Å². The molecule has 4 nitrogen and oxygen atoms in total. The Morgan fingerprint density at radius 1 is 1.36 bits per heavy atom. The smallest absolute Gasteiger partial charge is 0.222 e. The summed E-state index contributed by atoms with van der Waals surface area (Å²) in [6, 6.07) is 3.86. The van der Waals surface area contributed by atoms with Crippen molar-refractivity contribution in [2.75, 3.05) is 26.8 Å². The number of benzene rings is 1. The van der Waals surface area contributed by atoms with Crippen molar-refractivity contribution in [2.45, 2.75) is 39.2 Å². The van der Waals surface area contributed by atoms with E-state index in [1.54, 1.807) is 7.11 Å². The number of nitrogens with zero attached hydrogens (tertiary/aromatic N) is 1. The summed E-state index contributed by atoms with van der Waals surface area (Å²) >= 11 is 6.13. The van der Waals surface area contributed by atoms with Crippen LogP contribution in [-0.4, -0.2) is 43.7 Å². The maximum Gasteiger partial charge on any atom is 0.222 e. The van der Waals surface area contributed by atoms with E-state index >= 15 is 0 Å². The molecule has 0 aromatic heterocycles. The average molecular weight is 326 g/mol. The quantitative estimate of drug-likeness (QED) is 0.753. The summed E-state index contributed by atoms with van der Waals surface area (Å²) in [5.41, 5.74) is 2.02. The molecule has 0 bridgehead atoms. The summed E-state index contributed by atoms with van der Waals surface area (Å²) in [5, 5.41) is 0.782. The lowest BCUT2D eigenvalue weighted by Crippen LogP contribution is -2.30. The fourth-order valence-corrected chi connectivity index (χ4v) is 2.82. The maximum atomic E-state index is 12.1. The molecule has 0 aliphatic carbocycles. The number of amides is 1. The highest BCUT2D eigenvalue weighted by molar-refractivity contribution is 6.32. The van der Waals surface area contributed by atoms with Gasteiger partial charge >= 0.3 is 0 Å². The second kappa shape index (κ2) is 7.84. The van der Waals surface area contributed by atoms with E-state index in [1.165, 1.54) is 0 Å². The molecular weight excluding hydrogens is 302 g/mol. The molecule has 0 spiro atoms. The van der Waals surface area contributed by atoms with Gasteiger partial charge < -0.3 is 14.4 Å². The van der Waals surface area contributed by atoms with Crippen molar-refractivity contribution in [3.63, 3.8) is 0 Å². The van der Waals surface area contributed by atoms with Crippen molar-refractivity contribution in [1.29, 1.82) is 0 Å². The lowest BCUT2D eigenvalue weighted by molar-refractivity contribution is -0.130. The summed E-state index contributed by atoms with van der Waals surface area (Å²) in [5.74, 6) is 0.999. The van der Waals surface area contributed by atoms with Crippen LogP contribution in [0.1, 0.15) is 30.4 Å². The predicted molar refractivity (Wildman–Crippen MR) is 87.6 cm³/mol. The zero-order valence-electron chi connectivity index (χ0n) is 13.5. The summed E-state index contributed by atoms with van der Waals surface area (Å²) < 4.78 is 11.0. The molecule has 1 aliphatic rings. The fourth-order valence-electron chi connectivity index (χ4n) is 2.71. The summed E-state index contributed by atoms with van der Waals surface area (Å²) in [7, 11) is 1.70.